The maximum atomic E-state index is 12.3. The molecule has 2 aromatic heterocycles. The molecule has 0 aliphatic heterocycles. The maximum absolute atomic E-state index is 12.3. The summed E-state index contributed by atoms with van der Waals surface area (Å²) < 4.78 is 6.60. The van der Waals surface area contributed by atoms with Gasteiger partial charge in [-0.2, -0.15) is 0 Å². The van der Waals surface area contributed by atoms with Crippen LogP contribution in [0.4, 0.5) is 5.13 Å². The quantitative estimate of drug-likeness (QED) is 0.469. The van der Waals surface area contributed by atoms with Crippen molar-refractivity contribution < 1.29 is 14.3 Å². The normalized spacial score (nSPS) is 10.7. The van der Waals surface area contributed by atoms with E-state index < -0.39 is 0 Å². The molecule has 0 saturated heterocycles. The molecule has 0 bridgehead atoms. The second kappa shape index (κ2) is 9.03. The lowest BCUT2D eigenvalue weighted by atomic mass is 10.1. The van der Waals surface area contributed by atoms with E-state index in [-0.39, 0.29) is 24.1 Å². The highest BCUT2D eigenvalue weighted by atomic mass is 32.2. The molecule has 1 amide bonds. The highest BCUT2D eigenvalue weighted by Gasteiger charge is 2.13. The molecular weight excluding hydrogens is 396 g/mol. The van der Waals surface area contributed by atoms with Gasteiger partial charge in [-0.05, 0) is 31.0 Å². The first-order valence-electron chi connectivity index (χ1n) is 8.51. The third-order valence-electron chi connectivity index (χ3n) is 3.91. The number of esters is 1. The number of aryl methyl sites for hydroxylation is 2. The Morgan fingerprint density at radius 3 is 2.93 bits per heavy atom. The fraction of sp³-hybridized carbons (Fsp3) is 0.263. The molecule has 0 fully saturated rings. The van der Waals surface area contributed by atoms with E-state index in [1.165, 1.54) is 30.2 Å². The number of rotatable bonds is 7. The van der Waals surface area contributed by atoms with Crippen LogP contribution >= 0.6 is 23.1 Å². The van der Waals surface area contributed by atoms with Crippen LogP contribution in [-0.4, -0.2) is 39.3 Å². The molecular formula is C19H20N4O3S2. The number of hydrogen-bond acceptors (Lipinski definition) is 7. The molecule has 3 rings (SSSR count). The Balaban J connectivity index is 1.61. The van der Waals surface area contributed by atoms with E-state index in [0.29, 0.717) is 10.8 Å². The first-order valence-corrected chi connectivity index (χ1v) is 10.4. The number of benzene rings is 1. The fourth-order valence-electron chi connectivity index (χ4n) is 2.51. The number of thioether (sulfide) groups is 1. The van der Waals surface area contributed by atoms with Crippen molar-refractivity contribution in [3.05, 3.63) is 52.8 Å². The van der Waals surface area contributed by atoms with E-state index in [2.05, 4.69) is 38.2 Å². The minimum atomic E-state index is -0.364. The monoisotopic (exact) mass is 416 g/mol. The number of anilines is 1. The predicted octanol–water partition coefficient (Wildman–Crippen LogP) is 3.39. The Bertz CT molecular complexity index is 997. The van der Waals surface area contributed by atoms with Gasteiger partial charge in [-0.25, -0.2) is 9.97 Å². The third kappa shape index (κ3) is 4.99. The van der Waals surface area contributed by atoms with Gasteiger partial charge in [0.1, 0.15) is 0 Å². The molecule has 0 saturated carbocycles. The lowest BCUT2D eigenvalue weighted by molar-refractivity contribution is -0.139. The Kier molecular flexibility index (Phi) is 6.48. The molecule has 146 valence electrons. The summed E-state index contributed by atoms with van der Waals surface area (Å²) in [5, 5.41) is 5.69. The van der Waals surface area contributed by atoms with Crippen LogP contribution in [0.1, 0.15) is 16.8 Å². The molecule has 7 nitrogen and oxygen atoms in total. The summed E-state index contributed by atoms with van der Waals surface area (Å²) in [6.45, 7) is 4.09. The average Bonchev–Trinajstić information content (AvgIpc) is 3.31. The van der Waals surface area contributed by atoms with Crippen molar-refractivity contribution in [3.63, 3.8) is 0 Å². The van der Waals surface area contributed by atoms with Crippen LogP contribution in [0.15, 0.2) is 41.1 Å². The number of aromatic nitrogens is 3. The van der Waals surface area contributed by atoms with E-state index >= 15 is 0 Å². The van der Waals surface area contributed by atoms with Crippen LogP contribution < -0.4 is 5.32 Å². The van der Waals surface area contributed by atoms with Gasteiger partial charge in [0.25, 0.3) is 0 Å². The zero-order chi connectivity index (χ0) is 20.1. The largest absolute Gasteiger partial charge is 0.469 e. The van der Waals surface area contributed by atoms with Crippen LogP contribution in [0, 0.1) is 13.8 Å². The van der Waals surface area contributed by atoms with Crippen molar-refractivity contribution in [1.82, 2.24) is 14.5 Å². The number of nitrogens with zero attached hydrogens (tertiary/aromatic N) is 3. The summed E-state index contributed by atoms with van der Waals surface area (Å²) in [5.41, 5.74) is 3.92. The van der Waals surface area contributed by atoms with E-state index in [0.717, 1.165) is 22.0 Å². The standard InChI is InChI=1S/C19H20N4O3S2/c1-12-4-5-13(2)15(8-12)23-7-6-20-19(23)28-11-16(24)22-18-21-14(10-27-18)9-17(25)26-3/h4-8,10H,9,11H2,1-3H3,(H,21,22,24). The molecule has 2 heterocycles. The number of hydrogen-bond donors (Lipinski definition) is 1. The number of methoxy groups -OCH3 is 1. The first-order chi connectivity index (χ1) is 13.5. The molecule has 0 atom stereocenters. The smallest absolute Gasteiger partial charge is 0.311 e. The summed E-state index contributed by atoms with van der Waals surface area (Å²) >= 11 is 2.63. The van der Waals surface area contributed by atoms with Crippen molar-refractivity contribution >= 4 is 40.1 Å². The number of amides is 1. The average molecular weight is 417 g/mol. The molecule has 9 heteroatoms. The Labute approximate surface area is 171 Å². The van der Waals surface area contributed by atoms with Gasteiger partial charge in [-0.1, -0.05) is 23.9 Å². The van der Waals surface area contributed by atoms with Gasteiger partial charge in [0.15, 0.2) is 10.3 Å². The topological polar surface area (TPSA) is 86.1 Å². The summed E-state index contributed by atoms with van der Waals surface area (Å²) in [5.74, 6) is -0.343. The first kappa shape index (κ1) is 20.1. The highest BCUT2D eigenvalue weighted by Crippen LogP contribution is 2.24. The van der Waals surface area contributed by atoms with Gasteiger partial charge in [0.2, 0.25) is 5.91 Å². The van der Waals surface area contributed by atoms with Crippen molar-refractivity contribution in [2.24, 2.45) is 0 Å². The number of ether oxygens (including phenoxy) is 1. The van der Waals surface area contributed by atoms with E-state index in [1.807, 2.05) is 24.6 Å². The minimum Gasteiger partial charge on any atom is -0.469 e. The van der Waals surface area contributed by atoms with Crippen LogP contribution in [0.3, 0.4) is 0 Å². The van der Waals surface area contributed by atoms with Crippen molar-refractivity contribution in [1.29, 1.82) is 0 Å². The van der Waals surface area contributed by atoms with Crippen LogP contribution in [-0.2, 0) is 20.7 Å². The number of carbonyl (C=O) groups excluding carboxylic acids is 2. The van der Waals surface area contributed by atoms with Crippen molar-refractivity contribution in [2.45, 2.75) is 25.4 Å². The summed E-state index contributed by atoms with van der Waals surface area (Å²) in [7, 11) is 1.33. The predicted molar refractivity (Wildman–Crippen MR) is 110 cm³/mol. The summed E-state index contributed by atoms with van der Waals surface area (Å²) in [6, 6.07) is 6.23. The van der Waals surface area contributed by atoms with E-state index in [4.69, 9.17) is 0 Å². The number of carbonyl (C=O) groups is 2. The number of imidazole rings is 1. The van der Waals surface area contributed by atoms with Crippen molar-refractivity contribution in [2.75, 3.05) is 18.2 Å². The number of nitrogens with one attached hydrogen (secondary N) is 1. The summed E-state index contributed by atoms with van der Waals surface area (Å²) in [6.07, 6.45) is 3.70. The molecule has 0 aliphatic rings. The Morgan fingerprint density at radius 1 is 1.32 bits per heavy atom. The van der Waals surface area contributed by atoms with Crippen molar-refractivity contribution in [3.8, 4) is 5.69 Å². The molecule has 28 heavy (non-hydrogen) atoms. The fourth-order valence-corrected chi connectivity index (χ4v) is 4.00. The molecule has 0 radical (unpaired) electrons. The van der Waals surface area contributed by atoms with Gasteiger partial charge < -0.3 is 10.1 Å². The summed E-state index contributed by atoms with van der Waals surface area (Å²) in [4.78, 5) is 32.1. The van der Waals surface area contributed by atoms with Gasteiger partial charge >= 0.3 is 5.97 Å². The van der Waals surface area contributed by atoms with Crippen LogP contribution in [0.25, 0.3) is 5.69 Å². The Hall–Kier alpha value is -2.65. The molecule has 0 aliphatic carbocycles. The van der Waals surface area contributed by atoms with Gasteiger partial charge in [0, 0.05) is 17.8 Å². The van der Waals surface area contributed by atoms with Gasteiger partial charge in [-0.3, -0.25) is 14.2 Å². The van der Waals surface area contributed by atoms with Gasteiger partial charge in [-0.15, -0.1) is 11.3 Å². The Morgan fingerprint density at radius 2 is 2.14 bits per heavy atom. The molecule has 1 aromatic carbocycles. The lowest BCUT2D eigenvalue weighted by Gasteiger charge is -2.11. The lowest BCUT2D eigenvalue weighted by Crippen LogP contribution is -2.14. The van der Waals surface area contributed by atoms with Crippen LogP contribution in [0.5, 0.6) is 0 Å². The zero-order valence-corrected chi connectivity index (χ0v) is 17.4. The minimum absolute atomic E-state index is 0.0882. The van der Waals surface area contributed by atoms with E-state index in [9.17, 15) is 9.59 Å². The second-order valence-corrected chi connectivity index (χ2v) is 7.90. The van der Waals surface area contributed by atoms with E-state index in [1.54, 1.807) is 11.6 Å². The SMILES string of the molecule is COC(=O)Cc1csc(NC(=O)CSc2nccn2-c2cc(C)ccc2C)n1. The second-order valence-electron chi connectivity index (χ2n) is 6.10. The third-order valence-corrected chi connectivity index (χ3v) is 5.69. The zero-order valence-electron chi connectivity index (χ0n) is 15.8. The van der Waals surface area contributed by atoms with Gasteiger partial charge in [0.05, 0.1) is 30.7 Å². The molecule has 1 N–H and O–H groups in total. The maximum Gasteiger partial charge on any atom is 0.311 e. The highest BCUT2D eigenvalue weighted by molar-refractivity contribution is 7.99. The molecule has 0 unspecified atom stereocenters. The van der Waals surface area contributed by atoms with Crippen LogP contribution in [0.2, 0.25) is 0 Å². The number of thiazole rings is 1. The molecule has 3 aromatic rings. The molecule has 0 spiro atoms.